The molecule has 1 heterocycles. The van der Waals surface area contributed by atoms with Gasteiger partial charge in [-0.15, -0.1) is 0 Å². The van der Waals surface area contributed by atoms with Crippen LogP contribution in [0.15, 0.2) is 44.5 Å². The SMILES string of the molecule is Cc1cc(CNS(=O)(=O)c2cc3[nH]c(=O)[nH]c3cc2Br)ccc1F. The molecule has 0 fully saturated rings. The van der Waals surface area contributed by atoms with Gasteiger partial charge in [-0.05, 0) is 52.2 Å². The first-order valence-electron chi connectivity index (χ1n) is 6.92. The van der Waals surface area contributed by atoms with E-state index in [-0.39, 0.29) is 17.3 Å². The molecule has 0 atom stereocenters. The van der Waals surface area contributed by atoms with E-state index in [0.717, 1.165) is 0 Å². The minimum atomic E-state index is -3.82. The molecule has 1 aromatic heterocycles. The number of benzene rings is 2. The number of hydrogen-bond donors (Lipinski definition) is 3. The topological polar surface area (TPSA) is 94.8 Å². The van der Waals surface area contributed by atoms with Gasteiger partial charge >= 0.3 is 5.69 Å². The van der Waals surface area contributed by atoms with Crippen LogP contribution in [-0.2, 0) is 16.6 Å². The van der Waals surface area contributed by atoms with Crippen molar-refractivity contribution in [2.75, 3.05) is 0 Å². The van der Waals surface area contributed by atoms with E-state index in [0.29, 0.717) is 26.6 Å². The summed E-state index contributed by atoms with van der Waals surface area (Å²) in [5.41, 5.74) is 1.56. The number of aromatic amines is 2. The van der Waals surface area contributed by atoms with Crippen LogP contribution >= 0.6 is 15.9 Å². The summed E-state index contributed by atoms with van der Waals surface area (Å²) in [6, 6.07) is 7.29. The quantitative estimate of drug-likeness (QED) is 0.613. The van der Waals surface area contributed by atoms with Crippen molar-refractivity contribution in [3.63, 3.8) is 0 Å². The number of hydrogen-bond acceptors (Lipinski definition) is 3. The number of nitrogens with one attached hydrogen (secondary N) is 3. The second-order valence-corrected chi connectivity index (χ2v) is 7.91. The standard InChI is InChI=1S/C15H13BrFN3O3S/c1-8-4-9(2-3-11(8)17)7-18-24(22,23)14-6-13-12(5-10(14)16)19-15(21)20-13/h2-6,18H,7H2,1H3,(H2,19,20,21). The Balaban J connectivity index is 1.91. The molecule has 0 radical (unpaired) electrons. The van der Waals surface area contributed by atoms with Crippen molar-refractivity contribution in [2.24, 2.45) is 0 Å². The molecular weight excluding hydrogens is 401 g/mol. The predicted molar refractivity (Wildman–Crippen MR) is 91.8 cm³/mol. The molecule has 3 aromatic rings. The van der Waals surface area contributed by atoms with Crippen LogP contribution in [0.25, 0.3) is 11.0 Å². The maximum Gasteiger partial charge on any atom is 0.323 e. The number of rotatable bonds is 4. The fourth-order valence-electron chi connectivity index (χ4n) is 2.31. The van der Waals surface area contributed by atoms with Gasteiger partial charge in [0, 0.05) is 11.0 Å². The van der Waals surface area contributed by atoms with E-state index >= 15 is 0 Å². The van der Waals surface area contributed by atoms with Gasteiger partial charge < -0.3 is 9.97 Å². The molecule has 0 saturated carbocycles. The monoisotopic (exact) mass is 413 g/mol. The third-order valence-electron chi connectivity index (χ3n) is 3.55. The van der Waals surface area contributed by atoms with Crippen molar-refractivity contribution in [3.05, 3.63) is 62.2 Å². The Hall–Kier alpha value is -1.97. The Labute approximate surface area is 145 Å². The fraction of sp³-hybridized carbons (Fsp3) is 0.133. The number of aromatic nitrogens is 2. The van der Waals surface area contributed by atoms with Crippen LogP contribution in [0.3, 0.4) is 0 Å². The highest BCUT2D eigenvalue weighted by molar-refractivity contribution is 9.10. The van der Waals surface area contributed by atoms with E-state index in [4.69, 9.17) is 0 Å². The number of imidazole rings is 1. The van der Waals surface area contributed by atoms with Gasteiger partial charge in [-0.1, -0.05) is 12.1 Å². The third kappa shape index (κ3) is 3.28. The maximum absolute atomic E-state index is 13.3. The summed E-state index contributed by atoms with van der Waals surface area (Å²) in [5.74, 6) is -0.341. The molecular formula is C15H13BrFN3O3S. The molecule has 6 nitrogen and oxygen atoms in total. The molecule has 3 rings (SSSR count). The number of sulfonamides is 1. The second kappa shape index (κ2) is 6.15. The lowest BCUT2D eigenvalue weighted by atomic mass is 10.1. The zero-order chi connectivity index (χ0) is 17.5. The molecule has 0 bridgehead atoms. The lowest BCUT2D eigenvalue weighted by Crippen LogP contribution is -2.23. The van der Waals surface area contributed by atoms with Crippen molar-refractivity contribution in [3.8, 4) is 0 Å². The average Bonchev–Trinajstić information content (AvgIpc) is 2.86. The van der Waals surface area contributed by atoms with Crippen LogP contribution in [0.5, 0.6) is 0 Å². The first kappa shape index (κ1) is 16.9. The Bertz CT molecular complexity index is 1090. The van der Waals surface area contributed by atoms with Crippen LogP contribution in [0.4, 0.5) is 4.39 Å². The van der Waals surface area contributed by atoms with Gasteiger partial charge in [0.25, 0.3) is 0 Å². The van der Waals surface area contributed by atoms with Crippen LogP contribution in [0.2, 0.25) is 0 Å². The molecule has 0 aliphatic rings. The zero-order valence-electron chi connectivity index (χ0n) is 12.5. The van der Waals surface area contributed by atoms with E-state index in [1.165, 1.54) is 24.3 Å². The molecule has 9 heteroatoms. The Morgan fingerprint density at radius 3 is 2.50 bits per heavy atom. The molecule has 24 heavy (non-hydrogen) atoms. The van der Waals surface area contributed by atoms with Crippen LogP contribution < -0.4 is 10.4 Å². The Morgan fingerprint density at radius 2 is 1.83 bits per heavy atom. The fourth-order valence-corrected chi connectivity index (χ4v) is 4.40. The molecule has 3 N–H and O–H groups in total. The van der Waals surface area contributed by atoms with Crippen molar-refractivity contribution in [1.29, 1.82) is 0 Å². The summed E-state index contributed by atoms with van der Waals surface area (Å²) >= 11 is 3.21. The lowest BCUT2D eigenvalue weighted by Gasteiger charge is -2.09. The van der Waals surface area contributed by atoms with E-state index in [9.17, 15) is 17.6 Å². The molecule has 0 unspecified atom stereocenters. The van der Waals surface area contributed by atoms with E-state index < -0.39 is 15.7 Å². The van der Waals surface area contributed by atoms with Gasteiger partial charge in [-0.3, -0.25) is 0 Å². The number of halogens is 2. The number of fused-ring (bicyclic) bond motifs is 1. The summed E-state index contributed by atoms with van der Waals surface area (Å²) < 4.78 is 41.1. The first-order chi connectivity index (χ1) is 11.3. The molecule has 126 valence electrons. The lowest BCUT2D eigenvalue weighted by molar-refractivity contribution is 0.580. The zero-order valence-corrected chi connectivity index (χ0v) is 14.9. The molecule has 0 aliphatic carbocycles. The predicted octanol–water partition coefficient (Wildman–Crippen LogP) is 2.54. The van der Waals surface area contributed by atoms with Gasteiger partial charge in [0.1, 0.15) is 5.82 Å². The highest BCUT2D eigenvalue weighted by Crippen LogP contribution is 2.26. The van der Waals surface area contributed by atoms with Crippen LogP contribution in [0.1, 0.15) is 11.1 Å². The highest BCUT2D eigenvalue weighted by atomic mass is 79.9. The maximum atomic E-state index is 13.3. The molecule has 0 saturated heterocycles. The van der Waals surface area contributed by atoms with Gasteiger partial charge in [-0.25, -0.2) is 22.3 Å². The van der Waals surface area contributed by atoms with Crippen LogP contribution in [0, 0.1) is 12.7 Å². The number of aryl methyl sites for hydroxylation is 1. The van der Waals surface area contributed by atoms with E-state index in [1.807, 2.05) is 0 Å². The van der Waals surface area contributed by atoms with Crippen molar-refractivity contribution >= 4 is 37.0 Å². The second-order valence-electron chi connectivity index (χ2n) is 5.32. The summed E-state index contributed by atoms with van der Waals surface area (Å²) in [6.07, 6.45) is 0. The average molecular weight is 414 g/mol. The molecule has 0 spiro atoms. The van der Waals surface area contributed by atoms with Crippen LogP contribution in [-0.4, -0.2) is 18.4 Å². The van der Waals surface area contributed by atoms with Gasteiger partial charge in [0.15, 0.2) is 0 Å². The Kier molecular flexibility index (Phi) is 4.33. The number of H-pyrrole nitrogens is 2. The summed E-state index contributed by atoms with van der Waals surface area (Å²) in [6.45, 7) is 1.64. The van der Waals surface area contributed by atoms with Gasteiger partial charge in [-0.2, -0.15) is 0 Å². The van der Waals surface area contributed by atoms with Gasteiger partial charge in [0.2, 0.25) is 10.0 Å². The van der Waals surface area contributed by atoms with E-state index in [1.54, 1.807) is 13.0 Å². The molecule has 0 amide bonds. The van der Waals surface area contributed by atoms with Crippen molar-refractivity contribution in [1.82, 2.24) is 14.7 Å². The minimum absolute atomic E-state index is 0.00378. The molecule has 2 aromatic carbocycles. The summed E-state index contributed by atoms with van der Waals surface area (Å²) in [5, 5.41) is 0. The minimum Gasteiger partial charge on any atom is -0.306 e. The van der Waals surface area contributed by atoms with Gasteiger partial charge in [0.05, 0.1) is 15.9 Å². The highest BCUT2D eigenvalue weighted by Gasteiger charge is 2.19. The summed E-state index contributed by atoms with van der Waals surface area (Å²) in [4.78, 5) is 16.4. The van der Waals surface area contributed by atoms with E-state index in [2.05, 4.69) is 30.6 Å². The van der Waals surface area contributed by atoms with Crippen molar-refractivity contribution in [2.45, 2.75) is 18.4 Å². The Morgan fingerprint density at radius 1 is 1.17 bits per heavy atom. The first-order valence-corrected chi connectivity index (χ1v) is 9.20. The molecule has 0 aliphatic heterocycles. The van der Waals surface area contributed by atoms with Crippen molar-refractivity contribution < 1.29 is 12.8 Å². The normalized spacial score (nSPS) is 12.0. The smallest absolute Gasteiger partial charge is 0.306 e. The summed E-state index contributed by atoms with van der Waals surface area (Å²) in [7, 11) is -3.82. The third-order valence-corrected chi connectivity index (χ3v) is 5.91. The largest absolute Gasteiger partial charge is 0.323 e.